The lowest BCUT2D eigenvalue weighted by molar-refractivity contribution is 0.0212. The molecular formula is C3H7NO. The van der Waals surface area contributed by atoms with Crippen molar-refractivity contribution >= 4 is 0 Å². The summed E-state index contributed by atoms with van der Waals surface area (Å²) in [4.78, 5) is 0. The third-order valence-corrected chi connectivity index (χ3v) is 0.826. The van der Waals surface area contributed by atoms with Crippen molar-refractivity contribution in [3.05, 3.63) is 0 Å². The summed E-state index contributed by atoms with van der Waals surface area (Å²) in [5, 5.41) is 9.56. The topological polar surface area (TPSA) is 23.2 Å². The van der Waals surface area contributed by atoms with Gasteiger partial charge < -0.3 is 5.21 Å². The predicted molar refractivity (Wildman–Crippen MR) is 18.0 cm³/mol. The Morgan fingerprint density at radius 1 is 2.00 bits per heavy atom. The molecule has 2 atom stereocenters. The first kappa shape index (κ1) is 3.12. The van der Waals surface area contributed by atoms with Crippen LogP contribution in [0.1, 0.15) is 6.92 Å². The minimum absolute atomic E-state index is 0.440. The van der Waals surface area contributed by atoms with Crippen LogP contribution in [-0.2, 0) is 0 Å². The number of rotatable bonds is 0. The number of hydroxylamine groups is 2. The van der Waals surface area contributed by atoms with Gasteiger partial charge in [0.2, 0.25) is 0 Å². The molecule has 0 aromatic rings. The molecule has 1 aliphatic heterocycles. The molecule has 30 valence electrons. The highest BCUT2D eigenvalue weighted by molar-refractivity contribution is 4.74. The lowest BCUT2D eigenvalue weighted by atomic mass is 10.6. The van der Waals surface area contributed by atoms with Crippen molar-refractivity contribution in [1.82, 2.24) is 5.06 Å². The van der Waals surface area contributed by atoms with Gasteiger partial charge in [-0.1, -0.05) is 0 Å². The molecular weight excluding hydrogens is 66.0 g/mol. The average Bonchev–Trinajstić information content (AvgIpc) is 1.79. The molecule has 1 aliphatic rings. The molecule has 1 rings (SSSR count). The van der Waals surface area contributed by atoms with E-state index in [0.717, 1.165) is 6.54 Å². The summed E-state index contributed by atoms with van der Waals surface area (Å²) >= 11 is 0. The normalized spacial score (nSPS) is 49.2. The van der Waals surface area contributed by atoms with E-state index in [0.29, 0.717) is 6.04 Å². The van der Waals surface area contributed by atoms with Gasteiger partial charge in [0, 0.05) is 12.6 Å². The highest BCUT2D eigenvalue weighted by Gasteiger charge is 2.25. The smallest absolute Gasteiger partial charge is 0.0473 e. The van der Waals surface area contributed by atoms with Gasteiger partial charge in [-0.15, -0.1) is 0 Å². The second-order valence-corrected chi connectivity index (χ2v) is 1.47. The van der Waals surface area contributed by atoms with Gasteiger partial charge in [-0.25, -0.2) is 0 Å². The zero-order chi connectivity index (χ0) is 3.86. The van der Waals surface area contributed by atoms with Crippen LogP contribution < -0.4 is 0 Å². The summed E-state index contributed by atoms with van der Waals surface area (Å²) in [6.07, 6.45) is 0. The summed E-state index contributed by atoms with van der Waals surface area (Å²) in [7, 11) is 0. The zero-order valence-corrected chi connectivity index (χ0v) is 3.18. The minimum atomic E-state index is 0.440. The van der Waals surface area contributed by atoms with E-state index in [1.165, 1.54) is 5.06 Å². The molecule has 1 fully saturated rings. The van der Waals surface area contributed by atoms with Crippen LogP contribution in [-0.4, -0.2) is 22.9 Å². The van der Waals surface area contributed by atoms with Crippen molar-refractivity contribution in [3.63, 3.8) is 0 Å². The van der Waals surface area contributed by atoms with E-state index < -0.39 is 0 Å². The van der Waals surface area contributed by atoms with Crippen LogP contribution in [0, 0.1) is 0 Å². The first-order valence-electron chi connectivity index (χ1n) is 1.76. The molecule has 0 saturated carbocycles. The van der Waals surface area contributed by atoms with Gasteiger partial charge in [0.1, 0.15) is 0 Å². The Labute approximate surface area is 31.0 Å². The number of hydrogen-bond acceptors (Lipinski definition) is 2. The van der Waals surface area contributed by atoms with E-state index in [2.05, 4.69) is 0 Å². The van der Waals surface area contributed by atoms with Gasteiger partial charge >= 0.3 is 0 Å². The maximum absolute atomic E-state index is 8.27. The summed E-state index contributed by atoms with van der Waals surface area (Å²) < 4.78 is 0. The molecule has 1 saturated heterocycles. The van der Waals surface area contributed by atoms with Crippen molar-refractivity contribution in [2.45, 2.75) is 13.0 Å². The Morgan fingerprint density at radius 2 is 2.20 bits per heavy atom. The van der Waals surface area contributed by atoms with E-state index in [-0.39, 0.29) is 0 Å². The van der Waals surface area contributed by atoms with Crippen LogP contribution in [0.25, 0.3) is 0 Å². The van der Waals surface area contributed by atoms with Gasteiger partial charge in [0.25, 0.3) is 0 Å². The Kier molecular flexibility index (Phi) is 0.436. The first-order chi connectivity index (χ1) is 2.30. The Balaban J connectivity index is 2.20. The minimum Gasteiger partial charge on any atom is -0.314 e. The summed E-state index contributed by atoms with van der Waals surface area (Å²) in [5.74, 6) is 0. The largest absolute Gasteiger partial charge is 0.314 e. The Morgan fingerprint density at radius 3 is 2.20 bits per heavy atom. The van der Waals surface area contributed by atoms with Gasteiger partial charge in [-0.05, 0) is 6.92 Å². The second-order valence-electron chi connectivity index (χ2n) is 1.47. The molecule has 0 bridgehead atoms. The lowest BCUT2D eigenvalue weighted by Crippen LogP contribution is -1.85. The number of hydrogen-bond donors (Lipinski definition) is 1. The highest BCUT2D eigenvalue weighted by atomic mass is 16.5. The molecule has 0 aliphatic carbocycles. The molecule has 2 nitrogen and oxygen atoms in total. The van der Waals surface area contributed by atoms with E-state index >= 15 is 0 Å². The standard InChI is InChI=1S/C3H7NO/c1-3-2-4(3)5/h3,5H,2H2,1H3. The summed E-state index contributed by atoms with van der Waals surface area (Å²) in [6.45, 7) is 2.83. The van der Waals surface area contributed by atoms with Crippen molar-refractivity contribution in [3.8, 4) is 0 Å². The van der Waals surface area contributed by atoms with Crippen LogP contribution in [0.4, 0.5) is 0 Å². The Hall–Kier alpha value is -0.0800. The predicted octanol–water partition coefficient (Wildman–Crippen LogP) is 0.0797. The zero-order valence-electron chi connectivity index (χ0n) is 3.18. The SMILES string of the molecule is CC1CN1O. The van der Waals surface area contributed by atoms with Crippen LogP contribution in [0.3, 0.4) is 0 Å². The lowest BCUT2D eigenvalue weighted by Gasteiger charge is -1.74. The molecule has 0 amide bonds. The third kappa shape index (κ3) is 0.412. The second kappa shape index (κ2) is 0.698. The van der Waals surface area contributed by atoms with Gasteiger partial charge in [-0.2, -0.15) is 5.06 Å². The van der Waals surface area contributed by atoms with E-state index in [4.69, 9.17) is 5.21 Å². The summed E-state index contributed by atoms with van der Waals surface area (Å²) in [6, 6.07) is 0.440. The fourth-order valence-electron chi connectivity index (χ4n) is 0.224. The van der Waals surface area contributed by atoms with Crippen molar-refractivity contribution in [2.24, 2.45) is 0 Å². The highest BCUT2D eigenvalue weighted by Crippen LogP contribution is 2.09. The molecule has 0 spiro atoms. The maximum atomic E-state index is 8.27. The molecule has 2 unspecified atom stereocenters. The van der Waals surface area contributed by atoms with Crippen LogP contribution in [0.5, 0.6) is 0 Å². The van der Waals surface area contributed by atoms with E-state index in [9.17, 15) is 0 Å². The molecule has 0 radical (unpaired) electrons. The van der Waals surface area contributed by atoms with Crippen molar-refractivity contribution in [2.75, 3.05) is 6.54 Å². The maximum Gasteiger partial charge on any atom is 0.0473 e. The van der Waals surface area contributed by atoms with Crippen molar-refractivity contribution in [1.29, 1.82) is 0 Å². The summed E-state index contributed by atoms with van der Waals surface area (Å²) in [5.41, 5.74) is 0. The fourth-order valence-corrected chi connectivity index (χ4v) is 0.224. The third-order valence-electron chi connectivity index (χ3n) is 0.826. The molecule has 1 heterocycles. The molecule has 2 heteroatoms. The van der Waals surface area contributed by atoms with E-state index in [1.54, 1.807) is 0 Å². The molecule has 1 N–H and O–H groups in total. The van der Waals surface area contributed by atoms with Crippen LogP contribution in [0.15, 0.2) is 0 Å². The Bertz CT molecular complexity index is 40.2. The fraction of sp³-hybridized carbons (Fsp3) is 1.00. The monoisotopic (exact) mass is 73.1 g/mol. The van der Waals surface area contributed by atoms with Gasteiger partial charge in [0.15, 0.2) is 0 Å². The quantitative estimate of drug-likeness (QED) is 0.410. The van der Waals surface area contributed by atoms with Gasteiger partial charge in [-0.3, -0.25) is 0 Å². The molecule has 5 heavy (non-hydrogen) atoms. The molecule has 0 aromatic carbocycles. The van der Waals surface area contributed by atoms with Crippen LogP contribution >= 0.6 is 0 Å². The van der Waals surface area contributed by atoms with E-state index in [1.807, 2.05) is 6.92 Å². The van der Waals surface area contributed by atoms with Gasteiger partial charge in [0.05, 0.1) is 0 Å². The first-order valence-corrected chi connectivity index (χ1v) is 1.76. The average molecular weight is 73.1 g/mol. The molecule has 0 aromatic heterocycles. The van der Waals surface area contributed by atoms with Crippen LogP contribution in [0.2, 0.25) is 0 Å². The number of nitrogens with zero attached hydrogens (tertiary/aromatic N) is 1. The van der Waals surface area contributed by atoms with Crippen molar-refractivity contribution < 1.29 is 5.21 Å².